The number of carbonyl (C=O) groups is 4. The fraction of sp³-hybridized carbons (Fsp3) is 0.538. The summed E-state index contributed by atoms with van der Waals surface area (Å²) in [6, 6.07) is -1.81. The first kappa shape index (κ1) is 14.7. The van der Waals surface area contributed by atoms with Gasteiger partial charge in [0.15, 0.2) is 0 Å². The second-order valence-corrected chi connectivity index (χ2v) is 5.48. The monoisotopic (exact) mass is 316 g/mol. The van der Waals surface area contributed by atoms with Crippen molar-refractivity contribution in [2.45, 2.75) is 43.8 Å². The molecule has 0 radical (unpaired) electrons. The van der Waals surface area contributed by atoms with Gasteiger partial charge in [0, 0.05) is 5.57 Å². The Hall–Kier alpha value is -2.19. The maximum absolute atomic E-state index is 13.9. The summed E-state index contributed by atoms with van der Waals surface area (Å²) in [4.78, 5) is 47.5. The third kappa shape index (κ3) is 1.95. The molecule has 1 aliphatic carbocycles. The van der Waals surface area contributed by atoms with Crippen molar-refractivity contribution >= 4 is 23.6 Å². The molecule has 1 fully saturated rings. The summed E-state index contributed by atoms with van der Waals surface area (Å²) < 4.78 is 40.8. The average molecular weight is 316 g/mol. The van der Waals surface area contributed by atoms with Crippen molar-refractivity contribution in [3.8, 4) is 0 Å². The molecule has 3 rings (SSSR count). The first-order chi connectivity index (χ1) is 10.2. The number of nitrogens with zero attached hydrogens (tertiary/aromatic N) is 1. The van der Waals surface area contributed by atoms with Crippen LogP contribution in [0.5, 0.6) is 0 Å². The van der Waals surface area contributed by atoms with Crippen molar-refractivity contribution in [3.63, 3.8) is 0 Å². The fourth-order valence-corrected chi connectivity index (χ4v) is 2.99. The summed E-state index contributed by atoms with van der Waals surface area (Å²) in [6.45, 7) is 0. The van der Waals surface area contributed by atoms with Gasteiger partial charge in [0.05, 0.1) is 12.0 Å². The highest BCUT2D eigenvalue weighted by Crippen LogP contribution is 2.38. The lowest BCUT2D eigenvalue weighted by atomic mass is 9.92. The SMILES string of the molecule is O=C1NC(=O)C(F)(F)CC1N1C(=O)C2=C(C1=O)C(F)CCC2. The molecule has 0 aromatic carbocycles. The predicted molar refractivity (Wildman–Crippen MR) is 64.1 cm³/mol. The second kappa shape index (κ2) is 4.65. The number of hydrogen-bond acceptors (Lipinski definition) is 4. The average Bonchev–Trinajstić information content (AvgIpc) is 2.68. The third-order valence-electron chi connectivity index (χ3n) is 4.08. The molecule has 2 heterocycles. The number of piperidine rings is 1. The van der Waals surface area contributed by atoms with E-state index >= 15 is 0 Å². The number of hydrogen-bond donors (Lipinski definition) is 1. The van der Waals surface area contributed by atoms with E-state index in [0.717, 1.165) is 0 Å². The molecule has 118 valence electrons. The standard InChI is InChI=1S/C13H11F3N2O4/c14-6-3-1-2-5-8(6)11(21)18(10(5)20)7-4-13(15,16)12(22)17-9(7)19/h6-7H,1-4H2,(H,17,19,22). The van der Waals surface area contributed by atoms with Crippen LogP contribution >= 0.6 is 0 Å². The molecule has 4 amide bonds. The lowest BCUT2D eigenvalue weighted by Crippen LogP contribution is -2.61. The fourth-order valence-electron chi connectivity index (χ4n) is 2.99. The highest BCUT2D eigenvalue weighted by atomic mass is 19.3. The van der Waals surface area contributed by atoms with Crippen LogP contribution in [-0.4, -0.2) is 46.7 Å². The Morgan fingerprint density at radius 3 is 2.45 bits per heavy atom. The Kier molecular flexibility index (Phi) is 3.12. The molecule has 3 aliphatic rings. The van der Waals surface area contributed by atoms with Crippen LogP contribution in [0.2, 0.25) is 0 Å². The van der Waals surface area contributed by atoms with Crippen molar-refractivity contribution in [2.75, 3.05) is 0 Å². The Morgan fingerprint density at radius 1 is 1.14 bits per heavy atom. The maximum atomic E-state index is 13.9. The number of alkyl halides is 3. The van der Waals surface area contributed by atoms with E-state index in [9.17, 15) is 32.3 Å². The minimum atomic E-state index is -3.88. The first-order valence-electron chi connectivity index (χ1n) is 6.72. The molecule has 1 saturated heterocycles. The van der Waals surface area contributed by atoms with Gasteiger partial charge in [-0.1, -0.05) is 0 Å². The van der Waals surface area contributed by atoms with E-state index in [-0.39, 0.29) is 24.0 Å². The summed E-state index contributed by atoms with van der Waals surface area (Å²) >= 11 is 0. The van der Waals surface area contributed by atoms with Crippen LogP contribution in [0.25, 0.3) is 0 Å². The lowest BCUT2D eigenvalue weighted by Gasteiger charge is -2.32. The van der Waals surface area contributed by atoms with E-state index in [0.29, 0.717) is 11.3 Å². The zero-order valence-electron chi connectivity index (χ0n) is 11.2. The van der Waals surface area contributed by atoms with Crippen LogP contribution in [0.3, 0.4) is 0 Å². The summed E-state index contributed by atoms with van der Waals surface area (Å²) in [5, 5.41) is 1.44. The molecule has 0 aromatic heterocycles. The second-order valence-electron chi connectivity index (χ2n) is 5.48. The van der Waals surface area contributed by atoms with Crippen LogP contribution in [0.1, 0.15) is 25.7 Å². The molecule has 6 nitrogen and oxygen atoms in total. The summed E-state index contributed by atoms with van der Waals surface area (Å²) in [7, 11) is 0. The topological polar surface area (TPSA) is 83.6 Å². The molecule has 2 aliphatic heterocycles. The van der Waals surface area contributed by atoms with E-state index in [1.807, 2.05) is 0 Å². The molecule has 0 spiro atoms. The molecule has 0 bridgehead atoms. The molecule has 0 aromatic rings. The molecule has 2 atom stereocenters. The lowest BCUT2D eigenvalue weighted by molar-refractivity contribution is -0.165. The van der Waals surface area contributed by atoms with Crippen LogP contribution in [-0.2, 0) is 19.2 Å². The van der Waals surface area contributed by atoms with Crippen molar-refractivity contribution < 1.29 is 32.3 Å². The molecule has 0 saturated carbocycles. The minimum absolute atomic E-state index is 0.0585. The highest BCUT2D eigenvalue weighted by Gasteiger charge is 2.55. The molecule has 9 heteroatoms. The summed E-state index contributed by atoms with van der Waals surface area (Å²) in [5.41, 5.74) is -0.402. The van der Waals surface area contributed by atoms with Gasteiger partial charge in [-0.2, -0.15) is 8.78 Å². The summed E-state index contributed by atoms with van der Waals surface area (Å²) in [6.07, 6.45) is -2.33. The predicted octanol–water partition coefficient (Wildman–Crippen LogP) is 0.224. The summed E-state index contributed by atoms with van der Waals surface area (Å²) in [5.74, 6) is -8.79. The molecule has 2 unspecified atom stereocenters. The number of amides is 4. The van der Waals surface area contributed by atoms with Crippen LogP contribution < -0.4 is 5.32 Å². The van der Waals surface area contributed by atoms with Gasteiger partial charge in [0.1, 0.15) is 12.2 Å². The van der Waals surface area contributed by atoms with E-state index in [1.54, 1.807) is 0 Å². The van der Waals surface area contributed by atoms with E-state index in [4.69, 9.17) is 0 Å². The van der Waals surface area contributed by atoms with E-state index in [2.05, 4.69) is 0 Å². The van der Waals surface area contributed by atoms with Gasteiger partial charge in [0.25, 0.3) is 17.7 Å². The zero-order chi connectivity index (χ0) is 16.2. The van der Waals surface area contributed by atoms with Gasteiger partial charge >= 0.3 is 5.92 Å². The number of halogens is 3. The van der Waals surface area contributed by atoms with Gasteiger partial charge < -0.3 is 0 Å². The first-order valence-corrected chi connectivity index (χ1v) is 6.72. The van der Waals surface area contributed by atoms with Gasteiger partial charge in [-0.3, -0.25) is 29.4 Å². The molecule has 22 heavy (non-hydrogen) atoms. The minimum Gasteiger partial charge on any atom is -0.289 e. The quantitative estimate of drug-likeness (QED) is 0.702. The normalized spacial score (nSPS) is 31.5. The van der Waals surface area contributed by atoms with Gasteiger partial charge in [-0.25, -0.2) is 4.39 Å². The van der Waals surface area contributed by atoms with Crippen molar-refractivity contribution in [1.82, 2.24) is 10.2 Å². The van der Waals surface area contributed by atoms with Crippen molar-refractivity contribution in [3.05, 3.63) is 11.1 Å². The van der Waals surface area contributed by atoms with Crippen molar-refractivity contribution in [1.29, 1.82) is 0 Å². The van der Waals surface area contributed by atoms with Crippen LogP contribution in [0, 0.1) is 0 Å². The van der Waals surface area contributed by atoms with E-state index < -0.39 is 48.2 Å². The highest BCUT2D eigenvalue weighted by molar-refractivity contribution is 6.22. The number of carbonyl (C=O) groups excluding carboxylic acids is 4. The van der Waals surface area contributed by atoms with Crippen LogP contribution in [0.15, 0.2) is 11.1 Å². The van der Waals surface area contributed by atoms with Crippen LogP contribution in [0.4, 0.5) is 13.2 Å². The molecule has 1 N–H and O–H groups in total. The van der Waals surface area contributed by atoms with Crippen molar-refractivity contribution in [2.24, 2.45) is 0 Å². The third-order valence-corrected chi connectivity index (χ3v) is 4.08. The van der Waals surface area contributed by atoms with Gasteiger partial charge in [-0.05, 0) is 19.3 Å². The van der Waals surface area contributed by atoms with Gasteiger partial charge in [-0.15, -0.1) is 0 Å². The molecular weight excluding hydrogens is 305 g/mol. The maximum Gasteiger partial charge on any atom is 0.327 e. The smallest absolute Gasteiger partial charge is 0.289 e. The Labute approximate surface area is 122 Å². The zero-order valence-corrected chi connectivity index (χ0v) is 11.2. The number of nitrogens with one attached hydrogen (secondary N) is 1. The Morgan fingerprint density at radius 2 is 1.82 bits per heavy atom. The Balaban J connectivity index is 1.94. The number of rotatable bonds is 1. The largest absolute Gasteiger partial charge is 0.327 e. The molecular formula is C13H11F3N2O4. The number of imide groups is 2. The van der Waals surface area contributed by atoms with Gasteiger partial charge in [0.2, 0.25) is 5.91 Å². The Bertz CT molecular complexity index is 643. The van der Waals surface area contributed by atoms with E-state index in [1.165, 1.54) is 5.32 Å².